The summed E-state index contributed by atoms with van der Waals surface area (Å²) < 4.78 is 6.61. The van der Waals surface area contributed by atoms with E-state index < -0.39 is 0 Å². The predicted octanol–water partition coefficient (Wildman–Crippen LogP) is 4.37. The molecule has 0 aromatic heterocycles. The maximum absolute atomic E-state index is 6.61. The largest absolute Gasteiger partial charge is 0.370 e. The highest BCUT2D eigenvalue weighted by Gasteiger charge is 2.39. The third-order valence-corrected chi connectivity index (χ3v) is 5.81. The standard InChI is InChI=1S/C18H35NO/c1-13(2)16-5-7-18(12-19,8-6-16)20-17-10-14(3)9-15(4)11-17/h13-17H,5-12,19H2,1-4H3. The van der Waals surface area contributed by atoms with Gasteiger partial charge in [0.25, 0.3) is 0 Å². The van der Waals surface area contributed by atoms with Gasteiger partial charge in [0.15, 0.2) is 0 Å². The van der Waals surface area contributed by atoms with E-state index in [0.29, 0.717) is 12.6 Å². The molecule has 0 amide bonds. The molecule has 2 aliphatic carbocycles. The molecule has 0 saturated heterocycles. The summed E-state index contributed by atoms with van der Waals surface area (Å²) in [4.78, 5) is 0. The van der Waals surface area contributed by atoms with Crippen molar-refractivity contribution in [3.63, 3.8) is 0 Å². The van der Waals surface area contributed by atoms with Crippen LogP contribution in [0.25, 0.3) is 0 Å². The highest BCUT2D eigenvalue weighted by Crippen LogP contribution is 2.41. The minimum atomic E-state index is -0.00711. The minimum Gasteiger partial charge on any atom is -0.370 e. The molecule has 2 fully saturated rings. The summed E-state index contributed by atoms with van der Waals surface area (Å²) in [5.74, 6) is 3.30. The average Bonchev–Trinajstić information content (AvgIpc) is 2.38. The number of ether oxygens (including phenoxy) is 1. The van der Waals surface area contributed by atoms with Crippen molar-refractivity contribution >= 4 is 0 Å². The van der Waals surface area contributed by atoms with E-state index in [1.165, 1.54) is 44.9 Å². The zero-order valence-corrected chi connectivity index (χ0v) is 14.0. The summed E-state index contributed by atoms with van der Waals surface area (Å²) in [6.07, 6.45) is 9.23. The van der Waals surface area contributed by atoms with Crippen LogP contribution < -0.4 is 5.73 Å². The fourth-order valence-corrected chi connectivity index (χ4v) is 4.53. The van der Waals surface area contributed by atoms with Gasteiger partial charge in [0.1, 0.15) is 0 Å². The summed E-state index contributed by atoms with van der Waals surface area (Å²) in [7, 11) is 0. The van der Waals surface area contributed by atoms with Crippen LogP contribution in [0, 0.1) is 23.7 Å². The predicted molar refractivity (Wildman–Crippen MR) is 85.6 cm³/mol. The van der Waals surface area contributed by atoms with Gasteiger partial charge in [0.05, 0.1) is 11.7 Å². The van der Waals surface area contributed by atoms with Crippen LogP contribution in [-0.4, -0.2) is 18.2 Å². The van der Waals surface area contributed by atoms with Gasteiger partial charge in [-0.25, -0.2) is 0 Å². The molecule has 118 valence electrons. The van der Waals surface area contributed by atoms with Gasteiger partial charge in [-0.3, -0.25) is 0 Å². The Morgan fingerprint density at radius 2 is 1.60 bits per heavy atom. The van der Waals surface area contributed by atoms with Gasteiger partial charge >= 0.3 is 0 Å². The Kier molecular flexibility index (Phi) is 5.53. The van der Waals surface area contributed by atoms with E-state index in [1.807, 2.05) is 0 Å². The number of nitrogens with two attached hydrogens (primary N) is 1. The van der Waals surface area contributed by atoms with Crippen LogP contribution in [-0.2, 0) is 4.74 Å². The zero-order chi connectivity index (χ0) is 14.8. The fraction of sp³-hybridized carbons (Fsp3) is 1.00. The highest BCUT2D eigenvalue weighted by molar-refractivity contribution is 4.91. The monoisotopic (exact) mass is 281 g/mol. The molecule has 2 heteroatoms. The lowest BCUT2D eigenvalue weighted by atomic mass is 9.74. The zero-order valence-electron chi connectivity index (χ0n) is 14.0. The minimum absolute atomic E-state index is 0.00711. The number of hydrogen-bond donors (Lipinski definition) is 1. The first-order valence-electron chi connectivity index (χ1n) is 8.82. The summed E-state index contributed by atoms with van der Waals surface area (Å²) in [6, 6.07) is 0. The SMILES string of the molecule is CC1CC(C)CC(OC2(CN)CCC(C(C)C)CC2)C1. The summed E-state index contributed by atoms with van der Waals surface area (Å²) in [5, 5.41) is 0. The average molecular weight is 281 g/mol. The molecular weight excluding hydrogens is 246 g/mol. The van der Waals surface area contributed by atoms with Crippen LogP contribution in [0.15, 0.2) is 0 Å². The molecule has 20 heavy (non-hydrogen) atoms. The molecule has 2 rings (SSSR count). The van der Waals surface area contributed by atoms with E-state index in [1.54, 1.807) is 0 Å². The van der Waals surface area contributed by atoms with Crippen molar-refractivity contribution in [1.82, 2.24) is 0 Å². The molecule has 2 unspecified atom stereocenters. The molecule has 2 nitrogen and oxygen atoms in total. The maximum Gasteiger partial charge on any atom is 0.0808 e. The summed E-state index contributed by atoms with van der Waals surface area (Å²) >= 11 is 0. The fourth-order valence-electron chi connectivity index (χ4n) is 4.53. The number of rotatable bonds is 4. The van der Waals surface area contributed by atoms with Crippen LogP contribution >= 0.6 is 0 Å². The van der Waals surface area contributed by atoms with Crippen molar-refractivity contribution < 1.29 is 4.74 Å². The normalized spacial score (nSPS) is 42.9. The van der Waals surface area contributed by atoms with Crippen molar-refractivity contribution in [1.29, 1.82) is 0 Å². The Morgan fingerprint density at radius 1 is 1.05 bits per heavy atom. The highest BCUT2D eigenvalue weighted by atomic mass is 16.5. The molecule has 0 aromatic carbocycles. The second-order valence-corrected chi connectivity index (χ2v) is 8.13. The first kappa shape index (κ1) is 16.3. The van der Waals surface area contributed by atoms with Crippen LogP contribution in [0.1, 0.15) is 72.6 Å². The van der Waals surface area contributed by atoms with E-state index in [2.05, 4.69) is 27.7 Å². The van der Waals surface area contributed by atoms with Crippen molar-refractivity contribution in [3.05, 3.63) is 0 Å². The molecule has 0 spiro atoms. The van der Waals surface area contributed by atoms with Gasteiger partial charge in [0, 0.05) is 6.54 Å². The molecular formula is C18H35NO. The van der Waals surface area contributed by atoms with Crippen molar-refractivity contribution in [3.8, 4) is 0 Å². The molecule has 2 aliphatic rings. The van der Waals surface area contributed by atoms with Crippen LogP contribution in [0.5, 0.6) is 0 Å². The van der Waals surface area contributed by atoms with E-state index in [0.717, 1.165) is 23.7 Å². The molecule has 2 N–H and O–H groups in total. The summed E-state index contributed by atoms with van der Waals surface area (Å²) in [6.45, 7) is 10.2. The van der Waals surface area contributed by atoms with Crippen LogP contribution in [0.4, 0.5) is 0 Å². The molecule has 2 atom stereocenters. The van der Waals surface area contributed by atoms with Crippen LogP contribution in [0.3, 0.4) is 0 Å². The first-order valence-corrected chi connectivity index (χ1v) is 8.82. The van der Waals surface area contributed by atoms with E-state index in [9.17, 15) is 0 Å². The first-order chi connectivity index (χ1) is 9.44. The lowest BCUT2D eigenvalue weighted by molar-refractivity contribution is -0.135. The van der Waals surface area contributed by atoms with Gasteiger partial charge in [-0.1, -0.05) is 27.7 Å². The van der Waals surface area contributed by atoms with E-state index in [-0.39, 0.29) is 5.60 Å². The second kappa shape index (κ2) is 6.79. The Bertz CT molecular complexity index is 284. The van der Waals surface area contributed by atoms with Gasteiger partial charge in [0.2, 0.25) is 0 Å². The Morgan fingerprint density at radius 3 is 2.05 bits per heavy atom. The molecule has 0 heterocycles. The third kappa shape index (κ3) is 3.98. The Balaban J connectivity index is 1.92. The van der Waals surface area contributed by atoms with Gasteiger partial charge in [-0.05, 0) is 68.6 Å². The summed E-state index contributed by atoms with van der Waals surface area (Å²) in [5.41, 5.74) is 6.11. The topological polar surface area (TPSA) is 35.2 Å². The van der Waals surface area contributed by atoms with E-state index in [4.69, 9.17) is 10.5 Å². The van der Waals surface area contributed by atoms with E-state index >= 15 is 0 Å². The van der Waals surface area contributed by atoms with Crippen molar-refractivity contribution in [2.45, 2.75) is 84.3 Å². The lowest BCUT2D eigenvalue weighted by Gasteiger charge is -2.44. The van der Waals surface area contributed by atoms with Gasteiger partial charge in [-0.15, -0.1) is 0 Å². The molecule has 0 aliphatic heterocycles. The molecule has 2 saturated carbocycles. The maximum atomic E-state index is 6.61. The molecule has 0 aromatic rings. The molecule has 0 bridgehead atoms. The van der Waals surface area contributed by atoms with Crippen LogP contribution in [0.2, 0.25) is 0 Å². The smallest absolute Gasteiger partial charge is 0.0808 e. The van der Waals surface area contributed by atoms with Crippen molar-refractivity contribution in [2.24, 2.45) is 29.4 Å². The Hall–Kier alpha value is -0.0800. The lowest BCUT2D eigenvalue weighted by Crippen LogP contribution is -2.48. The second-order valence-electron chi connectivity index (χ2n) is 8.13. The quantitative estimate of drug-likeness (QED) is 0.830. The Labute approximate surface area is 125 Å². The van der Waals surface area contributed by atoms with Crippen molar-refractivity contribution in [2.75, 3.05) is 6.54 Å². The van der Waals surface area contributed by atoms with Gasteiger partial charge < -0.3 is 10.5 Å². The number of hydrogen-bond acceptors (Lipinski definition) is 2. The molecule has 0 radical (unpaired) electrons. The third-order valence-electron chi connectivity index (χ3n) is 5.81. The van der Waals surface area contributed by atoms with Gasteiger partial charge in [-0.2, -0.15) is 0 Å².